The molecule has 7 fully saturated rings. The highest BCUT2D eigenvalue weighted by Gasteiger charge is 2.62. The summed E-state index contributed by atoms with van der Waals surface area (Å²) in [4.78, 5) is 45.6. The van der Waals surface area contributed by atoms with Crippen molar-refractivity contribution in [2.24, 2.45) is 0 Å². The van der Waals surface area contributed by atoms with Crippen LogP contribution in [0.5, 0.6) is 0 Å². The molecule has 0 spiro atoms. The third-order valence-corrected chi connectivity index (χ3v) is 10.4. The predicted molar refractivity (Wildman–Crippen MR) is 225 cm³/mol. The molecule has 0 aliphatic carbocycles. The molecule has 0 aromatic rings. The van der Waals surface area contributed by atoms with Gasteiger partial charge in [-0.15, -0.1) is 11.8 Å². The normalized spacial score (nSPS) is 38.6. The topological polar surface area (TPSA) is 207 Å². The van der Waals surface area contributed by atoms with E-state index in [0.29, 0.717) is 0 Å². The van der Waals surface area contributed by atoms with Crippen molar-refractivity contribution in [1.29, 1.82) is 0 Å². The van der Waals surface area contributed by atoms with Crippen LogP contribution in [0.15, 0.2) is 9.47 Å². The SMILES string of the molecule is CC#C[C@@H]1OC(OC(C)=O)[C@@H](OC(C)=O)[C@H](OC(C)=O)[C@@H]1OC(C)=O.CC#C[C@@H]1OC2OC(C)(C)O[C@H]2C2OC(C)(C)O[C@@H]21.CC1(C)OC2O[C@@H](C=C(Br)Br)[C@H]3OC(C)(C)OC3[C@@H]2O1. The Morgan fingerprint density at radius 1 is 0.469 bits per heavy atom. The van der Waals surface area contributed by atoms with Gasteiger partial charge in [0.1, 0.15) is 48.8 Å². The first-order chi connectivity index (χ1) is 29.6. The summed E-state index contributed by atoms with van der Waals surface area (Å²) in [6.45, 7) is 22.9. The molecule has 15 atom stereocenters. The lowest BCUT2D eigenvalue weighted by Gasteiger charge is -2.42. The van der Waals surface area contributed by atoms with E-state index < -0.39 is 90.3 Å². The van der Waals surface area contributed by atoms with Gasteiger partial charge < -0.3 is 71.1 Å². The molecule has 7 saturated heterocycles. The summed E-state index contributed by atoms with van der Waals surface area (Å²) in [5, 5.41) is 0. The molecule has 0 aromatic carbocycles. The molecular weight excluding hydrogens is 980 g/mol. The van der Waals surface area contributed by atoms with Crippen LogP contribution in [0.4, 0.5) is 0 Å². The van der Waals surface area contributed by atoms with Crippen molar-refractivity contribution in [3.05, 3.63) is 9.47 Å². The third kappa shape index (κ3) is 13.2. The van der Waals surface area contributed by atoms with Gasteiger partial charge in [-0.3, -0.25) is 19.2 Å². The van der Waals surface area contributed by atoms with Crippen molar-refractivity contribution in [1.82, 2.24) is 0 Å². The highest BCUT2D eigenvalue weighted by atomic mass is 79.9. The van der Waals surface area contributed by atoms with Crippen molar-refractivity contribution < 1.29 is 90.2 Å². The second kappa shape index (κ2) is 20.6. The van der Waals surface area contributed by atoms with Crippen LogP contribution in [-0.2, 0) is 90.2 Å². The summed E-state index contributed by atoms with van der Waals surface area (Å²) in [6, 6.07) is 0. The second-order valence-electron chi connectivity index (χ2n) is 17.2. The standard InChI is InChI=1S/C16H20O9.C14H20O5.C13H18Br2O5/c1-6-7-12-13(21-8(2)17)14(22-9(3)18)15(23-10(4)19)16(25-12)24-11(5)20;1-6-7-8-9-10(17-13(2,3)16-9)11-12(15-8)19-14(4,5)18-11;1-12(2)17-8-6(5-7(14)15)16-11-10(9(8)18-12)19-13(3,4)20-11/h12-16H,1-5H3;8-12H,1-5H3;5-6,8-11H,1-4H3/t12-,13+,14+,15-,16?;8-,9+,10?,11-,12?;6-,8+,9?,10-,11?/m000/s1. The Balaban J connectivity index is 0.000000182. The fourth-order valence-electron chi connectivity index (χ4n) is 8.06. The summed E-state index contributed by atoms with van der Waals surface area (Å²) >= 11 is 6.72. The van der Waals surface area contributed by atoms with Crippen LogP contribution < -0.4 is 0 Å². The highest BCUT2D eigenvalue weighted by Crippen LogP contribution is 2.46. The molecule has 5 unspecified atom stereocenters. The van der Waals surface area contributed by atoms with Crippen LogP contribution in [0, 0.1) is 23.7 Å². The van der Waals surface area contributed by atoms with E-state index in [1.165, 1.54) is 6.92 Å². The number of fused-ring (bicyclic) bond motifs is 6. The quantitative estimate of drug-likeness (QED) is 0.211. The van der Waals surface area contributed by atoms with Crippen LogP contribution in [-0.4, -0.2) is 139 Å². The van der Waals surface area contributed by atoms with Crippen molar-refractivity contribution in [2.45, 2.75) is 212 Å². The molecule has 358 valence electrons. The van der Waals surface area contributed by atoms with Gasteiger partial charge in [0.15, 0.2) is 54.0 Å². The van der Waals surface area contributed by atoms with E-state index in [-0.39, 0.29) is 48.8 Å². The number of hydrogen-bond acceptors (Lipinski definition) is 19. The van der Waals surface area contributed by atoms with E-state index in [1.807, 2.05) is 61.5 Å². The van der Waals surface area contributed by atoms with Gasteiger partial charge in [-0.05, 0) is 107 Å². The minimum Gasteiger partial charge on any atom is -0.455 e. The van der Waals surface area contributed by atoms with Gasteiger partial charge in [0.25, 0.3) is 0 Å². The highest BCUT2D eigenvalue weighted by molar-refractivity contribution is 9.28. The maximum Gasteiger partial charge on any atom is 0.305 e. The van der Waals surface area contributed by atoms with Gasteiger partial charge in [-0.2, -0.15) is 0 Å². The molecule has 7 aliphatic heterocycles. The smallest absolute Gasteiger partial charge is 0.305 e. The maximum absolute atomic E-state index is 11.5. The molecule has 7 aliphatic rings. The average Bonchev–Trinajstić information content (AvgIpc) is 3.84. The maximum atomic E-state index is 11.5. The Kier molecular flexibility index (Phi) is 16.8. The monoisotopic (exact) mass is 1040 g/mol. The summed E-state index contributed by atoms with van der Waals surface area (Å²) in [7, 11) is 0. The molecule has 7 rings (SSSR count). The Hall–Kier alpha value is -2.74. The van der Waals surface area contributed by atoms with Gasteiger partial charge >= 0.3 is 23.9 Å². The first-order valence-electron chi connectivity index (χ1n) is 20.6. The van der Waals surface area contributed by atoms with Gasteiger partial charge in [0, 0.05) is 27.7 Å². The molecule has 0 amide bonds. The summed E-state index contributed by atoms with van der Waals surface area (Å²) in [5.41, 5.74) is 0. The Labute approximate surface area is 389 Å². The van der Waals surface area contributed by atoms with E-state index in [9.17, 15) is 19.2 Å². The lowest BCUT2D eigenvalue weighted by atomic mass is 9.98. The molecule has 0 radical (unpaired) electrons. The van der Waals surface area contributed by atoms with Crippen molar-refractivity contribution >= 4 is 55.7 Å². The molecule has 21 heteroatoms. The summed E-state index contributed by atoms with van der Waals surface area (Å²) in [6.07, 6.45) is -7.34. The van der Waals surface area contributed by atoms with E-state index >= 15 is 0 Å². The lowest BCUT2D eigenvalue weighted by Crippen LogP contribution is -2.61. The first-order valence-corrected chi connectivity index (χ1v) is 22.2. The van der Waals surface area contributed by atoms with Gasteiger partial charge in [0.05, 0.1) is 3.39 Å². The zero-order chi connectivity index (χ0) is 47.7. The minimum absolute atomic E-state index is 0.217. The van der Waals surface area contributed by atoms with Crippen LogP contribution in [0.3, 0.4) is 0 Å². The lowest BCUT2D eigenvalue weighted by molar-refractivity contribution is -0.286. The van der Waals surface area contributed by atoms with Gasteiger partial charge in [-0.25, -0.2) is 0 Å². The number of esters is 4. The van der Waals surface area contributed by atoms with Crippen LogP contribution in [0.1, 0.15) is 96.9 Å². The molecule has 7 heterocycles. The van der Waals surface area contributed by atoms with Crippen LogP contribution >= 0.6 is 31.9 Å². The van der Waals surface area contributed by atoms with Crippen molar-refractivity contribution in [3.8, 4) is 23.7 Å². The average molecular weight is 1040 g/mol. The number of carbonyl (C=O) groups is 4. The zero-order valence-electron chi connectivity index (χ0n) is 38.3. The van der Waals surface area contributed by atoms with Crippen LogP contribution in [0.2, 0.25) is 0 Å². The number of carbonyl (C=O) groups excluding carboxylic acids is 4. The third-order valence-electron chi connectivity index (χ3n) is 9.89. The second-order valence-corrected chi connectivity index (χ2v) is 20.0. The Bertz CT molecular complexity index is 1890. The largest absolute Gasteiger partial charge is 0.455 e. The molecule has 0 aromatic heterocycles. The first kappa shape index (κ1) is 52.2. The molecule has 0 N–H and O–H groups in total. The number of hydrogen-bond donors (Lipinski definition) is 0. The van der Waals surface area contributed by atoms with E-state index in [2.05, 4.69) is 55.5 Å². The Morgan fingerprint density at radius 2 is 0.859 bits per heavy atom. The summed E-state index contributed by atoms with van der Waals surface area (Å²) in [5.74, 6) is 5.62. The molecule has 19 nitrogen and oxygen atoms in total. The molecule has 64 heavy (non-hydrogen) atoms. The molecule has 0 bridgehead atoms. The van der Waals surface area contributed by atoms with E-state index in [0.717, 1.165) is 31.1 Å². The molecule has 0 saturated carbocycles. The fourth-order valence-corrected chi connectivity index (χ4v) is 8.58. The van der Waals surface area contributed by atoms with Crippen molar-refractivity contribution in [2.75, 3.05) is 0 Å². The molecular formula is C43H58Br2O19. The minimum atomic E-state index is -1.39. The number of ether oxygens (including phenoxy) is 15. The van der Waals surface area contributed by atoms with E-state index in [4.69, 9.17) is 71.1 Å². The van der Waals surface area contributed by atoms with Crippen LogP contribution in [0.25, 0.3) is 0 Å². The summed E-state index contributed by atoms with van der Waals surface area (Å²) < 4.78 is 85.8. The van der Waals surface area contributed by atoms with Crippen molar-refractivity contribution in [3.63, 3.8) is 0 Å². The zero-order valence-corrected chi connectivity index (χ0v) is 41.4. The van der Waals surface area contributed by atoms with Gasteiger partial charge in [0.2, 0.25) is 12.4 Å². The number of halogens is 2. The van der Waals surface area contributed by atoms with Gasteiger partial charge in [-0.1, -0.05) is 11.8 Å². The predicted octanol–water partition coefficient (Wildman–Crippen LogP) is 4.51. The Morgan fingerprint density at radius 3 is 1.34 bits per heavy atom. The fraction of sp³-hybridized carbons (Fsp3) is 0.767. The van der Waals surface area contributed by atoms with E-state index in [1.54, 1.807) is 6.92 Å². The number of rotatable bonds is 5.